The fraction of sp³-hybridized carbons (Fsp3) is 0.133. The molecule has 3 nitrogen and oxygen atoms in total. The molecule has 19 heavy (non-hydrogen) atoms. The molecule has 0 unspecified atom stereocenters. The first-order valence-electron chi connectivity index (χ1n) is 6.07. The van der Waals surface area contributed by atoms with Gasteiger partial charge in [0, 0.05) is 11.8 Å². The molecule has 0 fully saturated rings. The summed E-state index contributed by atoms with van der Waals surface area (Å²) in [5, 5.41) is 0. The van der Waals surface area contributed by atoms with E-state index in [1.807, 2.05) is 26.0 Å². The first kappa shape index (κ1) is 11.7. The third-order valence-corrected chi connectivity index (χ3v) is 3.26. The Hall–Kier alpha value is -2.36. The maximum absolute atomic E-state index is 13.3. The normalized spacial score (nSPS) is 11.1. The van der Waals surface area contributed by atoms with Crippen LogP contribution < -0.4 is 5.73 Å². The lowest BCUT2D eigenvalue weighted by Gasteiger charge is -2.05. The van der Waals surface area contributed by atoms with Crippen molar-refractivity contribution in [3.63, 3.8) is 0 Å². The maximum atomic E-state index is 13.3. The van der Waals surface area contributed by atoms with Crippen molar-refractivity contribution in [3.05, 3.63) is 53.5 Å². The highest BCUT2D eigenvalue weighted by Crippen LogP contribution is 2.29. The molecule has 0 aliphatic rings. The molecule has 0 spiro atoms. The van der Waals surface area contributed by atoms with Crippen LogP contribution in [0.5, 0.6) is 0 Å². The average molecular weight is 255 g/mol. The molecule has 0 radical (unpaired) electrons. The summed E-state index contributed by atoms with van der Waals surface area (Å²) in [4.78, 5) is 4.49. The summed E-state index contributed by atoms with van der Waals surface area (Å²) in [5.74, 6) is 0.130. The second-order valence-corrected chi connectivity index (χ2v) is 4.74. The van der Waals surface area contributed by atoms with Crippen LogP contribution in [0.3, 0.4) is 0 Å². The van der Waals surface area contributed by atoms with Gasteiger partial charge in [-0.05, 0) is 31.5 Å². The van der Waals surface area contributed by atoms with Crippen molar-refractivity contribution in [2.24, 2.45) is 0 Å². The van der Waals surface area contributed by atoms with Gasteiger partial charge >= 0.3 is 0 Å². The fourth-order valence-electron chi connectivity index (χ4n) is 2.31. The molecular formula is C15H14FN3. The van der Waals surface area contributed by atoms with Crippen LogP contribution in [-0.4, -0.2) is 9.38 Å². The molecule has 0 atom stereocenters. The Balaban J connectivity index is 2.28. The van der Waals surface area contributed by atoms with Gasteiger partial charge in [-0.1, -0.05) is 23.8 Å². The summed E-state index contributed by atoms with van der Waals surface area (Å²) >= 11 is 0. The molecule has 0 amide bonds. The van der Waals surface area contributed by atoms with Gasteiger partial charge in [0.05, 0.1) is 0 Å². The average Bonchev–Trinajstić information content (AvgIpc) is 2.67. The molecule has 1 aromatic carbocycles. The maximum Gasteiger partial charge on any atom is 0.140 e. The van der Waals surface area contributed by atoms with Crippen molar-refractivity contribution >= 4 is 11.5 Å². The van der Waals surface area contributed by atoms with Crippen molar-refractivity contribution in [1.82, 2.24) is 9.38 Å². The van der Waals surface area contributed by atoms with Crippen molar-refractivity contribution in [1.29, 1.82) is 0 Å². The van der Waals surface area contributed by atoms with Crippen molar-refractivity contribution in [3.8, 4) is 11.3 Å². The topological polar surface area (TPSA) is 43.3 Å². The molecule has 2 N–H and O–H groups in total. The molecule has 0 saturated heterocycles. The standard InChI is InChI=1S/C15H14FN3/c1-9-3-5-12(10(2)7-9)14-15(17)19-8-11(16)4-6-13(19)18-14/h3-8H,17H2,1-2H3. The van der Waals surface area contributed by atoms with Crippen LogP contribution in [0.1, 0.15) is 11.1 Å². The van der Waals surface area contributed by atoms with E-state index in [0.717, 1.165) is 11.1 Å². The highest BCUT2D eigenvalue weighted by Gasteiger charge is 2.13. The molecule has 2 aromatic heterocycles. The van der Waals surface area contributed by atoms with E-state index < -0.39 is 0 Å². The van der Waals surface area contributed by atoms with Crippen molar-refractivity contribution < 1.29 is 4.39 Å². The Kier molecular flexibility index (Phi) is 2.52. The minimum absolute atomic E-state index is 0.330. The number of benzene rings is 1. The number of fused-ring (bicyclic) bond motifs is 1. The lowest BCUT2D eigenvalue weighted by molar-refractivity contribution is 0.619. The molecule has 3 rings (SSSR count). The second-order valence-electron chi connectivity index (χ2n) is 4.74. The van der Waals surface area contributed by atoms with Gasteiger partial charge in [-0.2, -0.15) is 0 Å². The van der Waals surface area contributed by atoms with Gasteiger partial charge in [-0.15, -0.1) is 0 Å². The number of nitrogens with zero attached hydrogens (tertiary/aromatic N) is 2. The quantitative estimate of drug-likeness (QED) is 0.724. The van der Waals surface area contributed by atoms with E-state index in [9.17, 15) is 4.39 Å². The molecule has 2 heterocycles. The molecule has 0 aliphatic heterocycles. The number of nitrogen functional groups attached to an aromatic ring is 1. The van der Waals surface area contributed by atoms with Gasteiger partial charge in [-0.3, -0.25) is 4.40 Å². The van der Waals surface area contributed by atoms with E-state index in [2.05, 4.69) is 11.1 Å². The van der Waals surface area contributed by atoms with Gasteiger partial charge in [-0.25, -0.2) is 9.37 Å². The fourth-order valence-corrected chi connectivity index (χ4v) is 2.31. The predicted octanol–water partition coefficient (Wildman–Crippen LogP) is 3.34. The Morgan fingerprint density at radius 3 is 2.68 bits per heavy atom. The number of rotatable bonds is 1. The largest absolute Gasteiger partial charge is 0.383 e. The molecule has 4 heteroatoms. The minimum Gasteiger partial charge on any atom is -0.383 e. The summed E-state index contributed by atoms with van der Waals surface area (Å²) in [6, 6.07) is 9.11. The SMILES string of the molecule is Cc1ccc(-c2nc3ccc(F)cn3c2N)c(C)c1. The Morgan fingerprint density at radius 2 is 1.95 bits per heavy atom. The number of nitrogens with two attached hydrogens (primary N) is 1. The van der Waals surface area contributed by atoms with Gasteiger partial charge in [0.15, 0.2) is 0 Å². The van der Waals surface area contributed by atoms with Crippen LogP contribution in [0, 0.1) is 19.7 Å². The first-order chi connectivity index (χ1) is 9.06. The van der Waals surface area contributed by atoms with E-state index in [1.54, 1.807) is 10.5 Å². The Morgan fingerprint density at radius 1 is 1.16 bits per heavy atom. The van der Waals surface area contributed by atoms with Gasteiger partial charge < -0.3 is 5.73 Å². The highest BCUT2D eigenvalue weighted by molar-refractivity contribution is 5.77. The van der Waals surface area contributed by atoms with Crippen LogP contribution in [0.25, 0.3) is 16.9 Å². The Labute approximate surface area is 110 Å². The third kappa shape index (κ3) is 1.85. The van der Waals surface area contributed by atoms with E-state index >= 15 is 0 Å². The molecule has 0 saturated carbocycles. The van der Waals surface area contributed by atoms with Crippen LogP contribution >= 0.6 is 0 Å². The molecule has 3 aromatic rings. The third-order valence-electron chi connectivity index (χ3n) is 3.26. The van der Waals surface area contributed by atoms with Crippen LogP contribution in [0.2, 0.25) is 0 Å². The van der Waals surface area contributed by atoms with Crippen molar-refractivity contribution in [2.75, 3.05) is 5.73 Å². The summed E-state index contributed by atoms with van der Waals surface area (Å²) in [5.41, 5.74) is 10.7. The number of aryl methyl sites for hydroxylation is 2. The van der Waals surface area contributed by atoms with Crippen LogP contribution in [0.4, 0.5) is 10.2 Å². The van der Waals surface area contributed by atoms with Gasteiger partial charge in [0.2, 0.25) is 0 Å². The number of halogens is 1. The predicted molar refractivity (Wildman–Crippen MR) is 74.5 cm³/mol. The lowest BCUT2D eigenvalue weighted by atomic mass is 10.0. The summed E-state index contributed by atoms with van der Waals surface area (Å²) in [7, 11) is 0. The lowest BCUT2D eigenvalue weighted by Crippen LogP contribution is -1.95. The molecule has 96 valence electrons. The Bertz CT molecular complexity index is 774. The summed E-state index contributed by atoms with van der Waals surface area (Å²) in [6.45, 7) is 4.06. The molecule has 0 bridgehead atoms. The highest BCUT2D eigenvalue weighted by atomic mass is 19.1. The summed E-state index contributed by atoms with van der Waals surface area (Å²) in [6.07, 6.45) is 1.35. The monoisotopic (exact) mass is 255 g/mol. The second kappa shape index (κ2) is 4.09. The first-order valence-corrected chi connectivity index (χ1v) is 6.07. The smallest absolute Gasteiger partial charge is 0.140 e. The number of pyridine rings is 1. The van der Waals surface area contributed by atoms with Crippen LogP contribution in [-0.2, 0) is 0 Å². The number of imidazole rings is 1. The summed E-state index contributed by atoms with van der Waals surface area (Å²) < 4.78 is 14.8. The number of aromatic nitrogens is 2. The zero-order valence-corrected chi connectivity index (χ0v) is 10.8. The number of hydrogen-bond donors (Lipinski definition) is 1. The van der Waals surface area contributed by atoms with E-state index in [1.165, 1.54) is 17.8 Å². The number of anilines is 1. The molecule has 0 aliphatic carbocycles. The number of hydrogen-bond acceptors (Lipinski definition) is 2. The van der Waals surface area contributed by atoms with Crippen LogP contribution in [0.15, 0.2) is 36.5 Å². The van der Waals surface area contributed by atoms with Gasteiger partial charge in [0.25, 0.3) is 0 Å². The van der Waals surface area contributed by atoms with E-state index in [4.69, 9.17) is 5.73 Å². The zero-order chi connectivity index (χ0) is 13.6. The van der Waals surface area contributed by atoms with Gasteiger partial charge in [0.1, 0.15) is 23.0 Å². The van der Waals surface area contributed by atoms with Crippen molar-refractivity contribution in [2.45, 2.75) is 13.8 Å². The van der Waals surface area contributed by atoms with E-state index in [-0.39, 0.29) is 5.82 Å². The molecular weight excluding hydrogens is 241 g/mol. The van der Waals surface area contributed by atoms with E-state index in [0.29, 0.717) is 17.2 Å². The minimum atomic E-state index is -0.330. The zero-order valence-electron chi connectivity index (χ0n) is 10.8.